The predicted octanol–water partition coefficient (Wildman–Crippen LogP) is 2.94. The summed E-state index contributed by atoms with van der Waals surface area (Å²) in [6.07, 6.45) is 5.46. The van der Waals surface area contributed by atoms with E-state index >= 15 is 0 Å². The SMILES string of the molecule is Cc1ccc(Sn2ccc3c2ncc2nncn23)cc1. The predicted molar refractivity (Wildman–Crippen MR) is 78.7 cm³/mol. The van der Waals surface area contributed by atoms with Gasteiger partial charge in [0.15, 0.2) is 11.3 Å². The zero-order chi connectivity index (χ0) is 13.5. The summed E-state index contributed by atoms with van der Waals surface area (Å²) < 4.78 is 3.99. The van der Waals surface area contributed by atoms with Crippen molar-refractivity contribution in [3.63, 3.8) is 0 Å². The molecule has 0 radical (unpaired) electrons. The number of aryl methyl sites for hydroxylation is 1. The highest BCUT2D eigenvalue weighted by atomic mass is 32.2. The number of aromatic nitrogens is 5. The van der Waals surface area contributed by atoms with Crippen LogP contribution in [0.15, 0.2) is 53.9 Å². The molecule has 0 spiro atoms. The molecule has 98 valence electrons. The largest absolute Gasteiger partial charge is 0.277 e. The molecule has 0 atom stereocenters. The first-order chi connectivity index (χ1) is 9.81. The molecule has 4 aromatic rings. The van der Waals surface area contributed by atoms with Crippen LogP contribution in [-0.4, -0.2) is 23.6 Å². The van der Waals surface area contributed by atoms with E-state index in [2.05, 4.69) is 50.3 Å². The summed E-state index contributed by atoms with van der Waals surface area (Å²) in [4.78, 5) is 5.65. The van der Waals surface area contributed by atoms with E-state index < -0.39 is 0 Å². The molecule has 20 heavy (non-hydrogen) atoms. The molecule has 0 aliphatic carbocycles. The third-order valence-electron chi connectivity index (χ3n) is 3.17. The van der Waals surface area contributed by atoms with Gasteiger partial charge in [-0.05, 0) is 37.1 Å². The molecule has 0 unspecified atom stereocenters. The Morgan fingerprint density at radius 1 is 1.10 bits per heavy atom. The maximum absolute atomic E-state index is 4.47. The summed E-state index contributed by atoms with van der Waals surface area (Å²) in [6, 6.07) is 10.5. The molecule has 6 heteroatoms. The molecule has 0 fully saturated rings. The number of hydrogen-bond donors (Lipinski definition) is 0. The molecule has 0 bridgehead atoms. The second kappa shape index (κ2) is 4.35. The van der Waals surface area contributed by atoms with Crippen LogP contribution in [0.25, 0.3) is 16.8 Å². The van der Waals surface area contributed by atoms with Gasteiger partial charge in [-0.15, -0.1) is 10.2 Å². The van der Waals surface area contributed by atoms with E-state index in [0.29, 0.717) is 0 Å². The Bertz CT molecular complexity index is 891. The summed E-state index contributed by atoms with van der Waals surface area (Å²) in [7, 11) is 0. The van der Waals surface area contributed by atoms with Gasteiger partial charge in [0.25, 0.3) is 0 Å². The molecule has 3 heterocycles. The van der Waals surface area contributed by atoms with Crippen molar-refractivity contribution < 1.29 is 0 Å². The van der Waals surface area contributed by atoms with E-state index in [1.54, 1.807) is 24.5 Å². The Kier molecular flexibility index (Phi) is 2.50. The van der Waals surface area contributed by atoms with E-state index in [-0.39, 0.29) is 0 Å². The van der Waals surface area contributed by atoms with Crippen LogP contribution >= 0.6 is 11.9 Å². The van der Waals surface area contributed by atoms with Gasteiger partial charge >= 0.3 is 0 Å². The number of rotatable bonds is 2. The second-order valence-electron chi connectivity index (χ2n) is 4.57. The molecule has 0 saturated carbocycles. The number of fused-ring (bicyclic) bond motifs is 3. The van der Waals surface area contributed by atoms with Crippen LogP contribution in [0.5, 0.6) is 0 Å². The van der Waals surface area contributed by atoms with Gasteiger partial charge in [-0.1, -0.05) is 17.7 Å². The van der Waals surface area contributed by atoms with Gasteiger partial charge in [0.05, 0.1) is 11.7 Å². The summed E-state index contributed by atoms with van der Waals surface area (Å²) in [5.74, 6) is 0. The van der Waals surface area contributed by atoms with Gasteiger partial charge in [-0.3, -0.25) is 8.37 Å². The summed E-state index contributed by atoms with van der Waals surface area (Å²) in [6.45, 7) is 2.09. The first-order valence-electron chi connectivity index (χ1n) is 6.22. The topological polar surface area (TPSA) is 48.0 Å². The maximum atomic E-state index is 4.47. The molecule has 1 aromatic carbocycles. The quantitative estimate of drug-likeness (QED) is 0.567. The Balaban J connectivity index is 1.82. The number of hydrogen-bond acceptors (Lipinski definition) is 4. The van der Waals surface area contributed by atoms with Gasteiger partial charge in [0, 0.05) is 11.1 Å². The third kappa shape index (κ3) is 1.77. The lowest BCUT2D eigenvalue weighted by atomic mass is 10.2. The second-order valence-corrected chi connectivity index (χ2v) is 5.62. The normalized spacial score (nSPS) is 11.4. The molecule has 0 amide bonds. The van der Waals surface area contributed by atoms with Gasteiger partial charge < -0.3 is 0 Å². The zero-order valence-electron chi connectivity index (χ0n) is 10.8. The Morgan fingerprint density at radius 2 is 1.95 bits per heavy atom. The molecule has 0 saturated heterocycles. The highest BCUT2D eigenvalue weighted by Crippen LogP contribution is 2.25. The van der Waals surface area contributed by atoms with Crippen molar-refractivity contribution >= 4 is 28.8 Å². The smallest absolute Gasteiger partial charge is 0.179 e. The third-order valence-corrected chi connectivity index (χ3v) is 4.14. The summed E-state index contributed by atoms with van der Waals surface area (Å²) in [5.41, 5.74) is 3.93. The van der Waals surface area contributed by atoms with Crippen LogP contribution in [0, 0.1) is 6.92 Å². The van der Waals surface area contributed by atoms with Crippen molar-refractivity contribution in [3.8, 4) is 0 Å². The fraction of sp³-hybridized carbons (Fsp3) is 0.0714. The standard InChI is InChI=1S/C14H11N5S/c1-10-2-4-11(5-3-10)20-19-7-6-12-14(19)15-8-13-17-16-9-18(12)13/h2-9H,1H3. The average molecular weight is 281 g/mol. The molecule has 0 aliphatic heterocycles. The number of nitrogens with zero attached hydrogens (tertiary/aromatic N) is 5. The minimum Gasteiger partial charge on any atom is -0.277 e. The van der Waals surface area contributed by atoms with Crippen molar-refractivity contribution in [1.82, 2.24) is 23.6 Å². The fourth-order valence-electron chi connectivity index (χ4n) is 2.13. The molecular formula is C14H11N5S. The van der Waals surface area contributed by atoms with Crippen molar-refractivity contribution in [3.05, 3.63) is 54.6 Å². The highest BCUT2D eigenvalue weighted by molar-refractivity contribution is 7.98. The van der Waals surface area contributed by atoms with E-state index in [9.17, 15) is 0 Å². The van der Waals surface area contributed by atoms with Gasteiger partial charge in [0.1, 0.15) is 6.33 Å². The molecule has 5 nitrogen and oxygen atoms in total. The Hall–Kier alpha value is -2.34. The lowest BCUT2D eigenvalue weighted by Crippen LogP contribution is -1.91. The van der Waals surface area contributed by atoms with E-state index in [4.69, 9.17) is 0 Å². The van der Waals surface area contributed by atoms with Crippen molar-refractivity contribution in [1.29, 1.82) is 0 Å². The molecule has 3 aromatic heterocycles. The highest BCUT2D eigenvalue weighted by Gasteiger charge is 2.08. The van der Waals surface area contributed by atoms with E-state index in [0.717, 1.165) is 16.8 Å². The van der Waals surface area contributed by atoms with Crippen molar-refractivity contribution in [2.75, 3.05) is 0 Å². The maximum Gasteiger partial charge on any atom is 0.179 e. The Morgan fingerprint density at radius 3 is 2.80 bits per heavy atom. The molecule has 0 aliphatic rings. The minimum atomic E-state index is 0.760. The first-order valence-corrected chi connectivity index (χ1v) is 6.99. The summed E-state index contributed by atoms with van der Waals surface area (Å²) in [5, 5.41) is 7.92. The molecule has 4 rings (SSSR count). The van der Waals surface area contributed by atoms with Crippen LogP contribution in [0.1, 0.15) is 5.56 Å². The zero-order valence-corrected chi connectivity index (χ0v) is 11.6. The fourth-order valence-corrected chi connectivity index (χ4v) is 2.96. The van der Waals surface area contributed by atoms with Crippen LogP contribution in [0.3, 0.4) is 0 Å². The monoisotopic (exact) mass is 281 g/mol. The van der Waals surface area contributed by atoms with Crippen LogP contribution in [0.4, 0.5) is 0 Å². The average Bonchev–Trinajstić information content (AvgIpc) is 3.07. The van der Waals surface area contributed by atoms with Crippen LogP contribution < -0.4 is 0 Å². The van der Waals surface area contributed by atoms with Crippen molar-refractivity contribution in [2.45, 2.75) is 11.8 Å². The van der Waals surface area contributed by atoms with E-state index in [1.807, 2.05) is 16.7 Å². The minimum absolute atomic E-state index is 0.760. The van der Waals surface area contributed by atoms with Crippen molar-refractivity contribution in [2.24, 2.45) is 0 Å². The summed E-state index contributed by atoms with van der Waals surface area (Å²) >= 11 is 1.64. The Labute approximate surface area is 119 Å². The van der Waals surface area contributed by atoms with E-state index in [1.165, 1.54) is 10.5 Å². The van der Waals surface area contributed by atoms with Gasteiger partial charge in [0.2, 0.25) is 0 Å². The lowest BCUT2D eigenvalue weighted by molar-refractivity contribution is 1.11. The van der Waals surface area contributed by atoms with Gasteiger partial charge in [-0.25, -0.2) is 4.98 Å². The number of benzene rings is 1. The van der Waals surface area contributed by atoms with Crippen LogP contribution in [0.2, 0.25) is 0 Å². The lowest BCUT2D eigenvalue weighted by Gasteiger charge is -2.04. The van der Waals surface area contributed by atoms with Gasteiger partial charge in [-0.2, -0.15) is 0 Å². The van der Waals surface area contributed by atoms with Crippen LogP contribution in [-0.2, 0) is 0 Å². The molecular weight excluding hydrogens is 270 g/mol. The first kappa shape index (κ1) is 11.5. The molecule has 0 N–H and O–H groups in total.